The minimum atomic E-state index is 0.0672. The Hall–Kier alpha value is -0.990. The van der Waals surface area contributed by atoms with Crippen LogP contribution in [-0.2, 0) is 10.5 Å². The van der Waals surface area contributed by atoms with Gasteiger partial charge in [0.15, 0.2) is 0 Å². The van der Waals surface area contributed by atoms with Crippen molar-refractivity contribution < 1.29 is 4.74 Å². The molecule has 0 amide bonds. The van der Waals surface area contributed by atoms with Crippen molar-refractivity contribution in [1.82, 2.24) is 25.2 Å². The molecule has 2 heterocycles. The monoisotopic (exact) mass is 339 g/mol. The Morgan fingerprint density at radius 1 is 1.45 bits per heavy atom. The van der Waals surface area contributed by atoms with Crippen molar-refractivity contribution in [3.63, 3.8) is 0 Å². The molecule has 1 fully saturated rings. The van der Waals surface area contributed by atoms with E-state index in [4.69, 9.17) is 4.74 Å². The second kappa shape index (κ2) is 7.52. The summed E-state index contributed by atoms with van der Waals surface area (Å²) in [6, 6.07) is 0.474. The Morgan fingerprint density at radius 3 is 3.05 bits per heavy atom. The van der Waals surface area contributed by atoms with Gasteiger partial charge in [-0.25, -0.2) is 9.67 Å². The fourth-order valence-corrected chi connectivity index (χ4v) is 4.46. The van der Waals surface area contributed by atoms with Crippen molar-refractivity contribution in [2.45, 2.75) is 62.6 Å². The average Bonchev–Trinajstić information content (AvgIpc) is 3.25. The molecule has 0 N–H and O–H groups in total. The van der Waals surface area contributed by atoms with Crippen LogP contribution in [0.5, 0.6) is 0 Å². The minimum absolute atomic E-state index is 0.0672. The molecule has 3 rings (SSSR count). The number of aromatic nitrogens is 5. The van der Waals surface area contributed by atoms with E-state index in [0.29, 0.717) is 12.6 Å². The van der Waals surface area contributed by atoms with Crippen LogP contribution in [0.25, 0.3) is 0 Å². The summed E-state index contributed by atoms with van der Waals surface area (Å²) in [5.74, 6) is 0.794. The molecule has 1 saturated carbocycles. The SMILES string of the molecule is CCO[C@H](C)c1nc(CSc2nnnn2C2CCCC2)cs1. The maximum Gasteiger partial charge on any atom is 0.209 e. The summed E-state index contributed by atoms with van der Waals surface area (Å²) >= 11 is 3.32. The van der Waals surface area contributed by atoms with Gasteiger partial charge in [-0.2, -0.15) is 0 Å². The fraction of sp³-hybridized carbons (Fsp3) is 0.714. The predicted octanol–water partition coefficient (Wildman–Crippen LogP) is 3.63. The molecule has 6 nitrogen and oxygen atoms in total. The lowest BCUT2D eigenvalue weighted by atomic mass is 10.3. The summed E-state index contributed by atoms with van der Waals surface area (Å²) in [5.41, 5.74) is 1.07. The van der Waals surface area contributed by atoms with E-state index >= 15 is 0 Å². The highest BCUT2D eigenvalue weighted by molar-refractivity contribution is 7.98. The van der Waals surface area contributed by atoms with Crippen LogP contribution < -0.4 is 0 Å². The molecule has 0 aliphatic heterocycles. The zero-order chi connectivity index (χ0) is 15.4. The van der Waals surface area contributed by atoms with Crippen LogP contribution in [0.4, 0.5) is 0 Å². The van der Waals surface area contributed by atoms with Crippen LogP contribution in [0.3, 0.4) is 0 Å². The average molecular weight is 339 g/mol. The number of thioether (sulfide) groups is 1. The molecule has 1 aliphatic carbocycles. The summed E-state index contributed by atoms with van der Waals surface area (Å²) in [6.45, 7) is 4.75. The molecule has 0 radical (unpaired) electrons. The Balaban J connectivity index is 1.60. The van der Waals surface area contributed by atoms with Gasteiger partial charge in [0.05, 0.1) is 11.7 Å². The molecule has 8 heteroatoms. The highest BCUT2D eigenvalue weighted by atomic mass is 32.2. The fourth-order valence-electron chi connectivity index (χ4n) is 2.69. The van der Waals surface area contributed by atoms with Gasteiger partial charge in [-0.15, -0.1) is 16.4 Å². The highest BCUT2D eigenvalue weighted by Crippen LogP contribution is 2.32. The van der Waals surface area contributed by atoms with E-state index in [1.807, 2.05) is 18.5 Å². The first-order chi connectivity index (χ1) is 10.8. The van der Waals surface area contributed by atoms with E-state index in [-0.39, 0.29) is 6.10 Å². The van der Waals surface area contributed by atoms with Crippen molar-refractivity contribution in [3.05, 3.63) is 16.1 Å². The topological polar surface area (TPSA) is 65.7 Å². The summed E-state index contributed by atoms with van der Waals surface area (Å²) in [7, 11) is 0. The van der Waals surface area contributed by atoms with Crippen LogP contribution >= 0.6 is 23.1 Å². The van der Waals surface area contributed by atoms with Crippen molar-refractivity contribution in [3.8, 4) is 0 Å². The standard InChI is InChI=1S/C14H21N5OS2/c1-3-20-10(2)13-15-11(8-21-13)9-22-14-16-17-18-19(14)12-6-4-5-7-12/h8,10,12H,3-7,9H2,1-2H3/t10-/m1/s1. The molecule has 22 heavy (non-hydrogen) atoms. The lowest BCUT2D eigenvalue weighted by molar-refractivity contribution is 0.0761. The number of ether oxygens (including phenoxy) is 1. The second-order valence-corrected chi connectivity index (χ2v) is 7.24. The Labute approximate surface area is 138 Å². The first-order valence-corrected chi connectivity index (χ1v) is 9.61. The molecule has 0 aromatic carbocycles. The van der Waals surface area contributed by atoms with Gasteiger partial charge in [-0.1, -0.05) is 24.6 Å². The first kappa shape index (κ1) is 15.9. The van der Waals surface area contributed by atoms with Gasteiger partial charge in [0, 0.05) is 17.7 Å². The van der Waals surface area contributed by atoms with Crippen molar-refractivity contribution in [1.29, 1.82) is 0 Å². The Kier molecular flexibility index (Phi) is 5.43. The largest absolute Gasteiger partial charge is 0.372 e. The van der Waals surface area contributed by atoms with Gasteiger partial charge in [0.1, 0.15) is 11.1 Å². The Morgan fingerprint density at radius 2 is 2.27 bits per heavy atom. The smallest absolute Gasteiger partial charge is 0.209 e. The van der Waals surface area contributed by atoms with Gasteiger partial charge in [-0.3, -0.25) is 0 Å². The van der Waals surface area contributed by atoms with Crippen molar-refractivity contribution in [2.75, 3.05) is 6.61 Å². The van der Waals surface area contributed by atoms with Crippen LogP contribution in [0, 0.1) is 0 Å². The van der Waals surface area contributed by atoms with Crippen molar-refractivity contribution in [2.24, 2.45) is 0 Å². The van der Waals surface area contributed by atoms with E-state index in [9.17, 15) is 0 Å². The lowest BCUT2D eigenvalue weighted by Gasteiger charge is -2.10. The van der Waals surface area contributed by atoms with Crippen molar-refractivity contribution >= 4 is 23.1 Å². The van der Waals surface area contributed by atoms with Gasteiger partial charge in [0.25, 0.3) is 0 Å². The lowest BCUT2D eigenvalue weighted by Crippen LogP contribution is -2.08. The van der Waals surface area contributed by atoms with Gasteiger partial charge in [0.2, 0.25) is 5.16 Å². The molecule has 0 saturated heterocycles. The van der Waals surface area contributed by atoms with Crippen LogP contribution in [0.15, 0.2) is 10.5 Å². The third-order valence-electron chi connectivity index (χ3n) is 3.82. The van der Waals surface area contributed by atoms with Crippen LogP contribution in [0.1, 0.15) is 62.4 Å². The zero-order valence-corrected chi connectivity index (χ0v) is 14.6. The van der Waals surface area contributed by atoms with Gasteiger partial charge < -0.3 is 4.74 Å². The number of tetrazole rings is 1. The van der Waals surface area contributed by atoms with Crippen LogP contribution in [0.2, 0.25) is 0 Å². The third-order valence-corrected chi connectivity index (χ3v) is 5.84. The molecule has 120 valence electrons. The first-order valence-electron chi connectivity index (χ1n) is 7.74. The third kappa shape index (κ3) is 3.67. The number of thiazole rings is 1. The van der Waals surface area contributed by atoms with E-state index in [0.717, 1.165) is 21.6 Å². The molecule has 2 aromatic heterocycles. The highest BCUT2D eigenvalue weighted by Gasteiger charge is 2.21. The number of rotatable bonds is 7. The quantitative estimate of drug-likeness (QED) is 0.718. The molecule has 1 atom stereocenters. The Bertz CT molecular complexity index is 594. The molecule has 0 bridgehead atoms. The number of hydrogen-bond acceptors (Lipinski definition) is 7. The second-order valence-electron chi connectivity index (χ2n) is 5.41. The molecule has 1 aliphatic rings. The van der Waals surface area contributed by atoms with E-state index < -0.39 is 0 Å². The maximum atomic E-state index is 5.58. The molecular formula is C14H21N5OS2. The number of hydrogen-bond donors (Lipinski definition) is 0. The summed E-state index contributed by atoms with van der Waals surface area (Å²) < 4.78 is 7.58. The molecule has 0 spiro atoms. The van der Waals surface area contributed by atoms with Crippen LogP contribution in [-0.4, -0.2) is 31.8 Å². The summed E-state index contributed by atoms with van der Waals surface area (Å²) in [4.78, 5) is 4.65. The number of nitrogens with zero attached hydrogens (tertiary/aromatic N) is 5. The molecule has 2 aromatic rings. The normalized spacial score (nSPS) is 17.2. The predicted molar refractivity (Wildman–Crippen MR) is 87.0 cm³/mol. The van der Waals surface area contributed by atoms with Gasteiger partial charge in [-0.05, 0) is 37.1 Å². The van der Waals surface area contributed by atoms with Gasteiger partial charge >= 0.3 is 0 Å². The van der Waals surface area contributed by atoms with E-state index in [2.05, 4.69) is 25.9 Å². The summed E-state index contributed by atoms with van der Waals surface area (Å²) in [6.07, 6.45) is 4.99. The molecular weight excluding hydrogens is 318 g/mol. The summed E-state index contributed by atoms with van der Waals surface area (Å²) in [5, 5.41) is 16.2. The minimum Gasteiger partial charge on any atom is -0.372 e. The van der Waals surface area contributed by atoms with E-state index in [1.165, 1.54) is 25.7 Å². The maximum absolute atomic E-state index is 5.58. The molecule has 0 unspecified atom stereocenters. The zero-order valence-electron chi connectivity index (χ0n) is 12.9. The van der Waals surface area contributed by atoms with E-state index in [1.54, 1.807) is 23.1 Å².